The number of aromatic amines is 1. The van der Waals surface area contributed by atoms with Gasteiger partial charge in [-0.15, -0.1) is 0 Å². The van der Waals surface area contributed by atoms with E-state index in [0.29, 0.717) is 18.7 Å². The normalized spacial score (nSPS) is 21.0. The van der Waals surface area contributed by atoms with E-state index >= 15 is 0 Å². The minimum Gasteiger partial charge on any atom is -0.358 e. The zero-order valence-corrected chi connectivity index (χ0v) is 9.71. The van der Waals surface area contributed by atoms with Crippen molar-refractivity contribution in [1.82, 2.24) is 9.55 Å². The molecule has 1 atom stereocenters. The van der Waals surface area contributed by atoms with Gasteiger partial charge in [0.15, 0.2) is 0 Å². The number of aromatic nitrogens is 2. The van der Waals surface area contributed by atoms with E-state index < -0.39 is 17.5 Å². The number of nitrogens with zero attached hydrogens (tertiary/aromatic N) is 1. The molecule has 0 aliphatic carbocycles. The molecular formula is C10H13ClN2O3. The number of hydrogen-bond acceptors (Lipinski definition) is 3. The summed E-state index contributed by atoms with van der Waals surface area (Å²) in [4.78, 5) is 26.1. The minimum atomic E-state index is -0.483. The van der Waals surface area contributed by atoms with Crippen molar-refractivity contribution in [1.29, 1.82) is 0 Å². The van der Waals surface area contributed by atoms with Crippen LogP contribution in [0.1, 0.15) is 31.2 Å². The zero-order valence-electron chi connectivity index (χ0n) is 8.96. The van der Waals surface area contributed by atoms with E-state index in [-0.39, 0.29) is 5.02 Å². The number of aryl methyl sites for hydroxylation is 1. The summed E-state index contributed by atoms with van der Waals surface area (Å²) >= 11 is 5.81. The highest BCUT2D eigenvalue weighted by molar-refractivity contribution is 6.30. The molecule has 0 radical (unpaired) electrons. The second kappa shape index (κ2) is 4.43. The Kier molecular flexibility index (Phi) is 3.16. The van der Waals surface area contributed by atoms with Crippen LogP contribution < -0.4 is 11.2 Å². The molecule has 6 heteroatoms. The topological polar surface area (TPSA) is 64.1 Å². The number of nitrogens with one attached hydrogen (secondary N) is 1. The van der Waals surface area contributed by atoms with Crippen molar-refractivity contribution in [2.24, 2.45) is 0 Å². The maximum atomic E-state index is 11.8. The molecule has 1 aromatic rings. The SMILES string of the molecule is Cc1[nH]c(=O)n(C2CCCCO2)c(=O)c1Cl. The molecule has 0 spiro atoms. The highest BCUT2D eigenvalue weighted by Crippen LogP contribution is 2.20. The lowest BCUT2D eigenvalue weighted by Crippen LogP contribution is -2.40. The van der Waals surface area contributed by atoms with Gasteiger partial charge < -0.3 is 9.72 Å². The highest BCUT2D eigenvalue weighted by Gasteiger charge is 2.21. The Balaban J connectivity index is 2.51. The van der Waals surface area contributed by atoms with E-state index in [9.17, 15) is 9.59 Å². The van der Waals surface area contributed by atoms with Gasteiger partial charge in [0.05, 0.1) is 0 Å². The maximum Gasteiger partial charge on any atom is 0.330 e. The Morgan fingerprint density at radius 3 is 2.81 bits per heavy atom. The van der Waals surface area contributed by atoms with E-state index in [4.69, 9.17) is 16.3 Å². The number of ether oxygens (including phenoxy) is 1. The van der Waals surface area contributed by atoms with Gasteiger partial charge in [-0.3, -0.25) is 4.79 Å². The first kappa shape index (κ1) is 11.4. The molecule has 1 N–H and O–H groups in total. The molecule has 0 amide bonds. The fourth-order valence-electron chi connectivity index (χ4n) is 1.82. The molecule has 1 unspecified atom stereocenters. The lowest BCUT2D eigenvalue weighted by molar-refractivity contribution is -0.0367. The first-order valence-electron chi connectivity index (χ1n) is 5.24. The molecule has 5 nitrogen and oxygen atoms in total. The summed E-state index contributed by atoms with van der Waals surface area (Å²) in [5.41, 5.74) is -0.544. The van der Waals surface area contributed by atoms with Crippen LogP contribution in [0.4, 0.5) is 0 Å². The van der Waals surface area contributed by atoms with Crippen LogP contribution in [0.25, 0.3) is 0 Å². The Hall–Kier alpha value is -1.07. The summed E-state index contributed by atoms with van der Waals surface area (Å²) in [6.07, 6.45) is 2.09. The van der Waals surface area contributed by atoms with Crippen LogP contribution in [-0.4, -0.2) is 16.2 Å². The molecular weight excluding hydrogens is 232 g/mol. The summed E-state index contributed by atoms with van der Waals surface area (Å²) < 4.78 is 6.47. The van der Waals surface area contributed by atoms with Gasteiger partial charge in [-0.05, 0) is 26.2 Å². The first-order valence-corrected chi connectivity index (χ1v) is 5.61. The lowest BCUT2D eigenvalue weighted by atomic mass is 10.2. The third-order valence-electron chi connectivity index (χ3n) is 2.69. The highest BCUT2D eigenvalue weighted by atomic mass is 35.5. The Morgan fingerprint density at radius 2 is 2.19 bits per heavy atom. The molecule has 0 aromatic carbocycles. The van der Waals surface area contributed by atoms with Gasteiger partial charge in [0.2, 0.25) is 0 Å². The number of H-pyrrole nitrogens is 1. The predicted molar refractivity (Wildman–Crippen MR) is 59.9 cm³/mol. The maximum absolute atomic E-state index is 11.8. The first-order chi connectivity index (χ1) is 7.61. The van der Waals surface area contributed by atoms with Gasteiger partial charge in [-0.2, -0.15) is 0 Å². The lowest BCUT2D eigenvalue weighted by Gasteiger charge is -2.23. The van der Waals surface area contributed by atoms with Crippen LogP contribution in [0.2, 0.25) is 5.02 Å². The fourth-order valence-corrected chi connectivity index (χ4v) is 1.96. The standard InChI is InChI=1S/C10H13ClN2O3/c1-6-8(11)9(14)13(10(15)12-6)7-4-2-3-5-16-7/h7H,2-5H2,1H3,(H,12,15). The van der Waals surface area contributed by atoms with Crippen LogP contribution in [-0.2, 0) is 4.74 Å². The Labute approximate surface area is 97.0 Å². The molecule has 2 heterocycles. The van der Waals surface area contributed by atoms with Crippen LogP contribution in [0.3, 0.4) is 0 Å². The Bertz CT molecular complexity index is 500. The Morgan fingerprint density at radius 1 is 1.44 bits per heavy atom. The molecule has 1 aromatic heterocycles. The van der Waals surface area contributed by atoms with E-state index in [2.05, 4.69) is 4.98 Å². The number of hydrogen-bond donors (Lipinski definition) is 1. The van der Waals surface area contributed by atoms with Crippen molar-refractivity contribution in [3.8, 4) is 0 Å². The smallest absolute Gasteiger partial charge is 0.330 e. The van der Waals surface area contributed by atoms with Gasteiger partial charge >= 0.3 is 5.69 Å². The average molecular weight is 245 g/mol. The van der Waals surface area contributed by atoms with Gasteiger partial charge in [0.25, 0.3) is 5.56 Å². The largest absolute Gasteiger partial charge is 0.358 e. The number of halogens is 1. The summed E-state index contributed by atoms with van der Waals surface area (Å²) in [6, 6.07) is 0. The van der Waals surface area contributed by atoms with E-state index in [1.165, 1.54) is 0 Å². The monoisotopic (exact) mass is 244 g/mol. The van der Waals surface area contributed by atoms with Crippen LogP contribution in [0, 0.1) is 6.92 Å². The van der Waals surface area contributed by atoms with Crippen molar-refractivity contribution in [3.05, 3.63) is 31.6 Å². The second-order valence-corrected chi connectivity index (χ2v) is 4.24. The van der Waals surface area contributed by atoms with E-state index in [1.54, 1.807) is 6.92 Å². The third kappa shape index (κ3) is 1.92. The van der Waals surface area contributed by atoms with E-state index in [0.717, 1.165) is 17.4 Å². The van der Waals surface area contributed by atoms with E-state index in [1.807, 2.05) is 0 Å². The summed E-state index contributed by atoms with van der Waals surface area (Å²) in [6.45, 7) is 2.17. The minimum absolute atomic E-state index is 0.0498. The van der Waals surface area contributed by atoms with Gasteiger partial charge in [-0.1, -0.05) is 11.6 Å². The van der Waals surface area contributed by atoms with Gasteiger partial charge in [-0.25, -0.2) is 9.36 Å². The van der Waals surface area contributed by atoms with Crippen molar-refractivity contribution < 1.29 is 4.74 Å². The summed E-state index contributed by atoms with van der Waals surface area (Å²) in [5, 5.41) is 0.0498. The molecule has 2 rings (SSSR count). The second-order valence-electron chi connectivity index (χ2n) is 3.87. The van der Waals surface area contributed by atoms with Gasteiger partial charge in [0, 0.05) is 12.3 Å². The van der Waals surface area contributed by atoms with Crippen molar-refractivity contribution >= 4 is 11.6 Å². The van der Waals surface area contributed by atoms with Crippen LogP contribution >= 0.6 is 11.6 Å². The van der Waals surface area contributed by atoms with Gasteiger partial charge in [0.1, 0.15) is 11.3 Å². The van der Waals surface area contributed by atoms with Crippen molar-refractivity contribution in [2.75, 3.05) is 6.61 Å². The quantitative estimate of drug-likeness (QED) is 0.807. The predicted octanol–water partition coefficient (Wildman–Crippen LogP) is 1.20. The molecule has 1 aliphatic heterocycles. The van der Waals surface area contributed by atoms with Crippen LogP contribution in [0.5, 0.6) is 0 Å². The summed E-state index contributed by atoms with van der Waals surface area (Å²) in [7, 11) is 0. The summed E-state index contributed by atoms with van der Waals surface area (Å²) in [5.74, 6) is 0. The molecule has 1 fully saturated rings. The molecule has 16 heavy (non-hydrogen) atoms. The van der Waals surface area contributed by atoms with Crippen molar-refractivity contribution in [2.45, 2.75) is 32.4 Å². The molecule has 1 saturated heterocycles. The average Bonchev–Trinajstić information content (AvgIpc) is 2.28. The molecule has 1 aliphatic rings. The van der Waals surface area contributed by atoms with Crippen LogP contribution in [0.15, 0.2) is 9.59 Å². The molecule has 0 bridgehead atoms. The molecule has 88 valence electrons. The fraction of sp³-hybridized carbons (Fsp3) is 0.600. The third-order valence-corrected chi connectivity index (χ3v) is 3.14. The number of rotatable bonds is 1. The zero-order chi connectivity index (χ0) is 11.7. The van der Waals surface area contributed by atoms with Crippen molar-refractivity contribution in [3.63, 3.8) is 0 Å². The molecule has 0 saturated carbocycles.